The maximum atomic E-state index is 8.52. The SMILES string of the molecule is F.O=S(=O)([O-])[O-].O=S(=O)([O-])[O-].[Fe+3].[Li+]. The molecule has 0 rings (SSSR count). The van der Waals surface area contributed by atoms with E-state index in [1.165, 1.54) is 0 Å². The molecule has 0 saturated carbocycles. The van der Waals surface area contributed by atoms with Gasteiger partial charge in [-0.3, -0.25) is 21.5 Å². The Balaban J connectivity index is -0.0000000267. The normalized spacial score (nSPS) is 8.92. The summed E-state index contributed by atoms with van der Waals surface area (Å²) in [6.07, 6.45) is 0. The summed E-state index contributed by atoms with van der Waals surface area (Å²) in [5.74, 6) is 0. The van der Waals surface area contributed by atoms with Crippen molar-refractivity contribution in [3.8, 4) is 0 Å². The van der Waals surface area contributed by atoms with Gasteiger partial charge in [0.1, 0.15) is 0 Å². The third-order valence-electron chi connectivity index (χ3n) is 0. The van der Waals surface area contributed by atoms with Crippen LogP contribution in [-0.4, -0.2) is 35.0 Å². The minimum atomic E-state index is -5.17. The Kier molecular flexibility index (Phi) is 24.4. The number of hydrogen-bond acceptors (Lipinski definition) is 8. The molecule has 0 N–H and O–H groups in total. The van der Waals surface area contributed by atoms with Gasteiger partial charge in [0.2, 0.25) is 0 Å². The average Bonchev–Trinajstić information content (AvgIpc) is 1.12. The Morgan fingerprint density at radius 3 is 0.692 bits per heavy atom. The molecule has 0 aromatic heterocycles. The van der Waals surface area contributed by atoms with Gasteiger partial charge in [-0.1, -0.05) is 0 Å². The van der Waals surface area contributed by atoms with E-state index >= 15 is 0 Å². The predicted octanol–water partition coefficient (Wildman–Crippen LogP) is -5.52. The fraction of sp³-hybridized carbons (Fsp3) is 0. The van der Waals surface area contributed by atoms with Gasteiger partial charge in [-0.15, -0.1) is 0 Å². The second-order valence-corrected chi connectivity index (χ2v) is 2.45. The van der Waals surface area contributed by atoms with Crippen molar-refractivity contribution in [2.75, 3.05) is 0 Å². The molecule has 0 spiro atoms. The van der Waals surface area contributed by atoms with Crippen LogP contribution in [0.2, 0.25) is 0 Å². The fourth-order valence-corrected chi connectivity index (χ4v) is 0. The number of hydrogen-bond donors (Lipinski definition) is 0. The molecular formula is HFFeLiO8S2. The average molecular weight is 275 g/mol. The van der Waals surface area contributed by atoms with E-state index in [4.69, 9.17) is 35.0 Å². The molecule has 0 aromatic carbocycles. The standard InChI is InChI=1S/FH.Fe.Li.2H2O4S/c;;;2*1-5(2,3)4/h1H;;;2*(H2,1,2,3,4)/q;+3;+1;;/p-4. The Bertz CT molecular complexity index is 219. The van der Waals surface area contributed by atoms with E-state index < -0.39 is 20.8 Å². The maximum Gasteiger partial charge on any atom is 3.00 e. The van der Waals surface area contributed by atoms with E-state index in [1.54, 1.807) is 0 Å². The smallest absolute Gasteiger partial charge is 0.759 e. The van der Waals surface area contributed by atoms with Crippen LogP contribution in [0.25, 0.3) is 0 Å². The van der Waals surface area contributed by atoms with Crippen LogP contribution in [0.1, 0.15) is 0 Å². The van der Waals surface area contributed by atoms with Gasteiger partial charge in [0.25, 0.3) is 0 Å². The first kappa shape index (κ1) is 29.2. The minimum absolute atomic E-state index is 0. The molecule has 0 aliphatic rings. The molecule has 8 nitrogen and oxygen atoms in total. The molecule has 0 bridgehead atoms. The zero-order valence-electron chi connectivity index (χ0n) is 5.84. The maximum absolute atomic E-state index is 8.52. The molecule has 77 valence electrons. The molecule has 1 radical (unpaired) electrons. The molecule has 13 heavy (non-hydrogen) atoms. The third-order valence-corrected chi connectivity index (χ3v) is 0. The molecular weight excluding hydrogens is 274 g/mol. The monoisotopic (exact) mass is 275 g/mol. The molecule has 0 atom stereocenters. The second-order valence-electron chi connectivity index (χ2n) is 0.816. The van der Waals surface area contributed by atoms with Gasteiger partial charge in [0, 0.05) is 20.8 Å². The van der Waals surface area contributed by atoms with Gasteiger partial charge in [0.15, 0.2) is 0 Å². The summed E-state index contributed by atoms with van der Waals surface area (Å²) < 4.78 is 68.2. The Hall–Kier alpha value is 0.787. The van der Waals surface area contributed by atoms with E-state index in [9.17, 15) is 0 Å². The van der Waals surface area contributed by atoms with E-state index in [-0.39, 0.29) is 40.6 Å². The molecule has 0 heterocycles. The van der Waals surface area contributed by atoms with Crippen molar-refractivity contribution < 1.29 is 75.7 Å². The summed E-state index contributed by atoms with van der Waals surface area (Å²) in [6.45, 7) is 0. The van der Waals surface area contributed by atoms with Crippen LogP contribution < -0.4 is 18.9 Å². The predicted molar refractivity (Wildman–Crippen MR) is 23.5 cm³/mol. The summed E-state index contributed by atoms with van der Waals surface area (Å²) >= 11 is 0. The molecule has 13 heteroatoms. The molecule has 0 fully saturated rings. The van der Waals surface area contributed by atoms with Crippen LogP contribution >= 0.6 is 0 Å². The molecule has 0 aliphatic carbocycles. The van der Waals surface area contributed by atoms with Crippen molar-refractivity contribution in [3.05, 3.63) is 0 Å². The van der Waals surface area contributed by atoms with Crippen LogP contribution in [-0.2, 0) is 37.9 Å². The zero-order chi connectivity index (χ0) is 9.00. The van der Waals surface area contributed by atoms with Gasteiger partial charge in [-0.25, -0.2) is 0 Å². The van der Waals surface area contributed by atoms with E-state index in [2.05, 4.69) is 0 Å². The van der Waals surface area contributed by atoms with Crippen LogP contribution in [0.3, 0.4) is 0 Å². The van der Waals surface area contributed by atoms with Crippen molar-refractivity contribution in [1.82, 2.24) is 0 Å². The first-order valence-corrected chi connectivity index (χ1v) is 4.00. The topological polar surface area (TPSA) is 161 Å². The zero-order valence-corrected chi connectivity index (χ0v) is 8.58. The quantitative estimate of drug-likeness (QED) is 0.240. The fourth-order valence-electron chi connectivity index (χ4n) is 0. The third kappa shape index (κ3) is 2400. The Morgan fingerprint density at radius 2 is 0.692 bits per heavy atom. The molecule has 0 aliphatic heterocycles. The van der Waals surface area contributed by atoms with E-state index in [0.717, 1.165) is 0 Å². The second kappa shape index (κ2) is 10.9. The minimum Gasteiger partial charge on any atom is -0.759 e. The van der Waals surface area contributed by atoms with Gasteiger partial charge in [-0.05, 0) is 0 Å². The summed E-state index contributed by atoms with van der Waals surface area (Å²) in [7, 11) is -10.3. The van der Waals surface area contributed by atoms with Gasteiger partial charge in [-0.2, -0.15) is 0 Å². The van der Waals surface area contributed by atoms with Crippen molar-refractivity contribution in [2.45, 2.75) is 0 Å². The summed E-state index contributed by atoms with van der Waals surface area (Å²) in [4.78, 5) is 0. The van der Waals surface area contributed by atoms with E-state index in [1.807, 2.05) is 0 Å². The number of rotatable bonds is 0. The summed E-state index contributed by atoms with van der Waals surface area (Å²) in [5.41, 5.74) is 0. The molecule has 0 amide bonds. The Morgan fingerprint density at radius 1 is 0.692 bits per heavy atom. The van der Waals surface area contributed by atoms with E-state index in [0.29, 0.717) is 0 Å². The van der Waals surface area contributed by atoms with Crippen LogP contribution in [0.4, 0.5) is 4.70 Å². The Labute approximate surface area is 96.3 Å². The van der Waals surface area contributed by atoms with Crippen LogP contribution in [0.5, 0.6) is 0 Å². The van der Waals surface area contributed by atoms with Crippen molar-refractivity contribution in [3.63, 3.8) is 0 Å². The van der Waals surface area contributed by atoms with Crippen molar-refractivity contribution in [1.29, 1.82) is 0 Å². The summed E-state index contributed by atoms with van der Waals surface area (Å²) in [5, 5.41) is 0. The van der Waals surface area contributed by atoms with Gasteiger partial charge in [0.05, 0.1) is 0 Å². The van der Waals surface area contributed by atoms with Crippen LogP contribution in [0, 0.1) is 0 Å². The van der Waals surface area contributed by atoms with Crippen molar-refractivity contribution in [2.24, 2.45) is 0 Å². The summed E-state index contributed by atoms with van der Waals surface area (Å²) in [6, 6.07) is 0. The largest absolute Gasteiger partial charge is 3.00 e. The number of halogens is 1. The molecule has 0 aromatic rings. The molecule has 0 saturated heterocycles. The first-order valence-electron chi connectivity index (χ1n) is 1.33. The van der Waals surface area contributed by atoms with Crippen LogP contribution in [0.15, 0.2) is 0 Å². The van der Waals surface area contributed by atoms with Gasteiger partial charge < -0.3 is 18.2 Å². The van der Waals surface area contributed by atoms with Crippen molar-refractivity contribution >= 4 is 20.8 Å². The van der Waals surface area contributed by atoms with Gasteiger partial charge >= 0.3 is 35.9 Å². The first-order chi connectivity index (χ1) is 4.00. The molecule has 0 unspecified atom stereocenters.